The van der Waals surface area contributed by atoms with E-state index in [0.29, 0.717) is 17.2 Å². The number of hydrazine groups is 1. The van der Waals surface area contributed by atoms with Crippen LogP contribution in [0.5, 0.6) is 5.75 Å². The molecule has 6 heteroatoms. The van der Waals surface area contributed by atoms with Crippen LogP contribution in [0.3, 0.4) is 0 Å². The molecule has 0 saturated carbocycles. The molecule has 0 aliphatic heterocycles. The van der Waals surface area contributed by atoms with Crippen LogP contribution in [-0.4, -0.2) is 22.7 Å². The van der Waals surface area contributed by atoms with Crippen molar-refractivity contribution in [3.63, 3.8) is 0 Å². The van der Waals surface area contributed by atoms with Gasteiger partial charge >= 0.3 is 0 Å². The Morgan fingerprint density at radius 1 is 1.31 bits per heavy atom. The van der Waals surface area contributed by atoms with Gasteiger partial charge in [0.05, 0.1) is 0 Å². The third kappa shape index (κ3) is 3.74. The van der Waals surface area contributed by atoms with Crippen LogP contribution in [0, 0.1) is 0 Å². The standard InChI is InChI=1S/C10H13N3O2S/c1-2-11-10(16)13-12-9(15)7-3-5-8(14)6-4-7/h3-6,14H,2H2,1H3,(H,12,15)(H2,11,13,16). The van der Waals surface area contributed by atoms with Gasteiger partial charge in [-0.2, -0.15) is 0 Å². The number of nitrogens with one attached hydrogen (secondary N) is 3. The first-order valence-electron chi connectivity index (χ1n) is 4.76. The molecule has 1 aromatic carbocycles. The first kappa shape index (κ1) is 12.3. The minimum atomic E-state index is -0.319. The number of thiocarbonyl (C=S) groups is 1. The molecule has 0 aliphatic carbocycles. The van der Waals surface area contributed by atoms with E-state index in [1.54, 1.807) is 0 Å². The number of amides is 1. The second kappa shape index (κ2) is 5.92. The van der Waals surface area contributed by atoms with Gasteiger partial charge in [-0.05, 0) is 43.4 Å². The predicted molar refractivity (Wildman–Crippen MR) is 65.0 cm³/mol. The van der Waals surface area contributed by atoms with E-state index in [9.17, 15) is 4.79 Å². The highest BCUT2D eigenvalue weighted by atomic mass is 32.1. The van der Waals surface area contributed by atoms with Crippen LogP contribution in [0.1, 0.15) is 17.3 Å². The zero-order valence-corrected chi connectivity index (χ0v) is 9.60. The third-order valence-corrected chi connectivity index (χ3v) is 2.00. The highest BCUT2D eigenvalue weighted by molar-refractivity contribution is 7.80. The summed E-state index contributed by atoms with van der Waals surface area (Å²) in [5.41, 5.74) is 5.42. The molecule has 0 heterocycles. The first-order valence-corrected chi connectivity index (χ1v) is 5.17. The average molecular weight is 239 g/mol. The Kier molecular flexibility index (Phi) is 4.53. The van der Waals surface area contributed by atoms with Crippen LogP contribution >= 0.6 is 12.2 Å². The van der Waals surface area contributed by atoms with E-state index in [1.165, 1.54) is 24.3 Å². The number of aromatic hydroxyl groups is 1. The summed E-state index contributed by atoms with van der Waals surface area (Å²) in [4.78, 5) is 11.5. The molecule has 0 atom stereocenters. The minimum Gasteiger partial charge on any atom is -0.508 e. The zero-order valence-electron chi connectivity index (χ0n) is 8.78. The molecule has 0 fully saturated rings. The molecule has 5 nitrogen and oxygen atoms in total. The average Bonchev–Trinajstić information content (AvgIpc) is 2.27. The Balaban J connectivity index is 2.47. The van der Waals surface area contributed by atoms with E-state index in [2.05, 4.69) is 16.2 Å². The van der Waals surface area contributed by atoms with E-state index in [-0.39, 0.29) is 11.7 Å². The van der Waals surface area contributed by atoms with Gasteiger partial charge in [-0.3, -0.25) is 15.6 Å². The molecule has 4 N–H and O–H groups in total. The molecule has 0 radical (unpaired) electrons. The van der Waals surface area contributed by atoms with Gasteiger partial charge in [0.1, 0.15) is 5.75 Å². The Labute approximate surface area is 98.8 Å². The molecule has 1 aromatic rings. The van der Waals surface area contributed by atoms with Crippen molar-refractivity contribution < 1.29 is 9.90 Å². The van der Waals surface area contributed by atoms with Crippen molar-refractivity contribution in [3.05, 3.63) is 29.8 Å². The molecular weight excluding hydrogens is 226 g/mol. The number of benzene rings is 1. The van der Waals surface area contributed by atoms with Crippen molar-refractivity contribution in [1.29, 1.82) is 0 Å². The maximum absolute atomic E-state index is 11.5. The summed E-state index contributed by atoms with van der Waals surface area (Å²) in [6, 6.07) is 5.92. The highest BCUT2D eigenvalue weighted by Crippen LogP contribution is 2.08. The van der Waals surface area contributed by atoms with E-state index < -0.39 is 0 Å². The summed E-state index contributed by atoms with van der Waals surface area (Å²) in [5, 5.41) is 12.2. The number of phenolic OH excluding ortho intramolecular Hbond substituents is 1. The van der Waals surface area contributed by atoms with Crippen LogP contribution < -0.4 is 16.2 Å². The smallest absolute Gasteiger partial charge is 0.269 e. The van der Waals surface area contributed by atoms with E-state index in [4.69, 9.17) is 17.3 Å². The van der Waals surface area contributed by atoms with Gasteiger partial charge in [0.2, 0.25) is 0 Å². The van der Waals surface area contributed by atoms with Crippen molar-refractivity contribution in [1.82, 2.24) is 16.2 Å². The largest absolute Gasteiger partial charge is 0.508 e. The molecule has 86 valence electrons. The van der Waals surface area contributed by atoms with Gasteiger partial charge in [-0.1, -0.05) is 0 Å². The van der Waals surface area contributed by atoms with Crippen LogP contribution in [0.25, 0.3) is 0 Å². The fourth-order valence-corrected chi connectivity index (χ4v) is 1.20. The number of hydrogen-bond donors (Lipinski definition) is 4. The van der Waals surface area contributed by atoms with E-state index in [0.717, 1.165) is 0 Å². The molecule has 16 heavy (non-hydrogen) atoms. The van der Waals surface area contributed by atoms with Crippen LogP contribution in [0.2, 0.25) is 0 Å². The van der Waals surface area contributed by atoms with Crippen molar-refractivity contribution in [2.24, 2.45) is 0 Å². The number of carbonyl (C=O) groups excluding carboxylic acids is 1. The first-order chi connectivity index (χ1) is 7.63. The normalized spacial score (nSPS) is 9.31. The maximum Gasteiger partial charge on any atom is 0.269 e. The van der Waals surface area contributed by atoms with Gasteiger partial charge in [-0.15, -0.1) is 0 Å². The lowest BCUT2D eigenvalue weighted by Crippen LogP contribution is -2.46. The Morgan fingerprint density at radius 3 is 2.50 bits per heavy atom. The summed E-state index contributed by atoms with van der Waals surface area (Å²) < 4.78 is 0. The second-order valence-electron chi connectivity index (χ2n) is 2.99. The number of rotatable bonds is 2. The fourth-order valence-electron chi connectivity index (χ4n) is 1.00. The number of carbonyl (C=O) groups is 1. The minimum absolute atomic E-state index is 0.118. The molecule has 1 amide bonds. The van der Waals surface area contributed by atoms with Gasteiger partial charge in [0.25, 0.3) is 5.91 Å². The van der Waals surface area contributed by atoms with Crippen LogP contribution in [-0.2, 0) is 0 Å². The summed E-state index contributed by atoms with van der Waals surface area (Å²) in [7, 11) is 0. The second-order valence-corrected chi connectivity index (χ2v) is 3.39. The van der Waals surface area contributed by atoms with Gasteiger partial charge in [-0.25, -0.2) is 0 Å². The Morgan fingerprint density at radius 2 is 1.94 bits per heavy atom. The molecule has 0 bridgehead atoms. The van der Waals surface area contributed by atoms with E-state index >= 15 is 0 Å². The topological polar surface area (TPSA) is 73.4 Å². The number of hydrogen-bond acceptors (Lipinski definition) is 3. The quantitative estimate of drug-likeness (QED) is 0.447. The Hall–Kier alpha value is -1.82. The molecule has 0 spiro atoms. The van der Waals surface area contributed by atoms with Crippen molar-refractivity contribution in [2.45, 2.75) is 6.92 Å². The predicted octanol–water partition coefficient (Wildman–Crippen LogP) is 0.521. The summed E-state index contributed by atoms with van der Waals surface area (Å²) in [6.07, 6.45) is 0. The lowest BCUT2D eigenvalue weighted by molar-refractivity contribution is 0.0943. The van der Waals surface area contributed by atoms with Gasteiger partial charge in [0, 0.05) is 12.1 Å². The number of phenols is 1. The third-order valence-electron chi connectivity index (χ3n) is 1.76. The molecule has 0 unspecified atom stereocenters. The van der Waals surface area contributed by atoms with Gasteiger partial charge < -0.3 is 10.4 Å². The lowest BCUT2D eigenvalue weighted by atomic mass is 10.2. The summed E-state index contributed by atoms with van der Waals surface area (Å²) in [6.45, 7) is 2.58. The summed E-state index contributed by atoms with van der Waals surface area (Å²) in [5.74, 6) is -0.201. The monoisotopic (exact) mass is 239 g/mol. The van der Waals surface area contributed by atoms with Crippen molar-refractivity contribution >= 4 is 23.2 Å². The summed E-state index contributed by atoms with van der Waals surface area (Å²) >= 11 is 4.87. The van der Waals surface area contributed by atoms with Crippen molar-refractivity contribution in [2.75, 3.05) is 6.54 Å². The molecule has 0 saturated heterocycles. The van der Waals surface area contributed by atoms with Gasteiger partial charge in [0.15, 0.2) is 5.11 Å². The highest BCUT2D eigenvalue weighted by Gasteiger charge is 2.04. The van der Waals surface area contributed by atoms with E-state index in [1.807, 2.05) is 6.92 Å². The molecule has 1 rings (SSSR count). The fraction of sp³-hybridized carbons (Fsp3) is 0.200. The van der Waals surface area contributed by atoms with Crippen LogP contribution in [0.15, 0.2) is 24.3 Å². The molecule has 0 aromatic heterocycles. The van der Waals surface area contributed by atoms with Crippen LogP contribution in [0.4, 0.5) is 0 Å². The SMILES string of the molecule is CCNC(=S)NNC(=O)c1ccc(O)cc1. The zero-order chi connectivity index (χ0) is 12.0. The molecule has 0 aliphatic rings. The lowest BCUT2D eigenvalue weighted by Gasteiger charge is -2.09. The maximum atomic E-state index is 11.5. The Bertz CT molecular complexity index is 378. The molecular formula is C10H13N3O2S. The van der Waals surface area contributed by atoms with Crippen molar-refractivity contribution in [3.8, 4) is 5.75 Å².